The van der Waals surface area contributed by atoms with Crippen LogP contribution in [0.4, 0.5) is 0 Å². The number of likely N-dealkylation sites (tertiary alicyclic amines) is 2. The maximum atomic E-state index is 12.9. The smallest absolute Gasteiger partial charge is 0.328 e. The molecule has 0 spiro atoms. The van der Waals surface area contributed by atoms with E-state index in [2.05, 4.69) is 21.7 Å². The summed E-state index contributed by atoms with van der Waals surface area (Å²) >= 11 is 1.70. The lowest BCUT2D eigenvalue weighted by atomic mass is 10.0. The Hall–Kier alpha value is -1.40. The third kappa shape index (κ3) is 3.81. The summed E-state index contributed by atoms with van der Waals surface area (Å²) in [4.78, 5) is 29.1. The van der Waals surface area contributed by atoms with Gasteiger partial charge in [0.15, 0.2) is 0 Å². The van der Waals surface area contributed by atoms with Crippen molar-refractivity contribution in [1.29, 1.82) is 0 Å². The quantitative estimate of drug-likeness (QED) is 0.766. The number of thiophene rings is 1. The van der Waals surface area contributed by atoms with E-state index in [0.717, 1.165) is 38.6 Å². The lowest BCUT2D eigenvalue weighted by molar-refractivity contribution is -0.157. The molecule has 2 saturated heterocycles. The van der Waals surface area contributed by atoms with Crippen molar-refractivity contribution in [2.24, 2.45) is 0 Å². The van der Waals surface area contributed by atoms with Crippen LogP contribution in [0.1, 0.15) is 50.6 Å². The first-order valence-electron chi connectivity index (χ1n) is 8.93. The standard InChI is InChI=1S/C18H26N2O3S/c1-2-23-18(22)16-6-3-4-10-20(16)17(21)12-19-9-5-7-15(19)14-8-11-24-13-14/h8,11,13,15-16H,2-7,9-10,12H2,1H3/t15-,16-/m0/s1. The second-order valence-corrected chi connectivity index (χ2v) is 7.32. The molecule has 1 aromatic rings. The number of piperidine rings is 1. The maximum Gasteiger partial charge on any atom is 0.328 e. The molecule has 0 unspecified atom stereocenters. The molecule has 2 atom stereocenters. The molecule has 3 heterocycles. The lowest BCUT2D eigenvalue weighted by Crippen LogP contribution is -2.51. The molecule has 0 saturated carbocycles. The molecular weight excluding hydrogens is 324 g/mol. The predicted octanol–water partition coefficient (Wildman–Crippen LogP) is 2.83. The van der Waals surface area contributed by atoms with E-state index < -0.39 is 6.04 Å². The lowest BCUT2D eigenvalue weighted by Gasteiger charge is -2.35. The molecule has 2 fully saturated rings. The minimum atomic E-state index is -0.395. The monoisotopic (exact) mass is 350 g/mol. The van der Waals surface area contributed by atoms with Crippen molar-refractivity contribution >= 4 is 23.2 Å². The number of amides is 1. The zero-order chi connectivity index (χ0) is 16.9. The van der Waals surface area contributed by atoms with Crippen LogP contribution in [0.15, 0.2) is 16.8 Å². The van der Waals surface area contributed by atoms with Gasteiger partial charge in [-0.15, -0.1) is 0 Å². The van der Waals surface area contributed by atoms with Gasteiger partial charge in [0.25, 0.3) is 0 Å². The Kier molecular flexibility index (Phi) is 5.89. The van der Waals surface area contributed by atoms with E-state index in [-0.39, 0.29) is 11.9 Å². The first kappa shape index (κ1) is 17.4. The summed E-state index contributed by atoms with van der Waals surface area (Å²) in [7, 11) is 0. The van der Waals surface area contributed by atoms with E-state index in [1.165, 1.54) is 5.56 Å². The Balaban J connectivity index is 1.65. The normalized spacial score (nSPS) is 25.0. The van der Waals surface area contributed by atoms with Crippen molar-refractivity contribution in [2.75, 3.05) is 26.2 Å². The molecule has 2 aliphatic rings. The minimum Gasteiger partial charge on any atom is -0.464 e. The highest BCUT2D eigenvalue weighted by molar-refractivity contribution is 7.07. The van der Waals surface area contributed by atoms with Crippen LogP contribution < -0.4 is 0 Å². The fraction of sp³-hybridized carbons (Fsp3) is 0.667. The Morgan fingerprint density at radius 2 is 2.12 bits per heavy atom. The first-order chi connectivity index (χ1) is 11.7. The molecule has 0 aliphatic carbocycles. The minimum absolute atomic E-state index is 0.0647. The van der Waals surface area contributed by atoms with Gasteiger partial charge in [0, 0.05) is 12.6 Å². The Morgan fingerprint density at radius 1 is 1.25 bits per heavy atom. The number of carbonyl (C=O) groups excluding carboxylic acids is 2. The van der Waals surface area contributed by atoms with Gasteiger partial charge < -0.3 is 9.64 Å². The van der Waals surface area contributed by atoms with Crippen molar-refractivity contribution in [3.05, 3.63) is 22.4 Å². The highest BCUT2D eigenvalue weighted by Gasteiger charge is 2.35. The molecule has 24 heavy (non-hydrogen) atoms. The van der Waals surface area contributed by atoms with Crippen LogP contribution >= 0.6 is 11.3 Å². The van der Waals surface area contributed by atoms with Gasteiger partial charge in [-0.3, -0.25) is 9.69 Å². The average molecular weight is 350 g/mol. The van der Waals surface area contributed by atoms with E-state index in [1.54, 1.807) is 16.2 Å². The maximum absolute atomic E-state index is 12.9. The summed E-state index contributed by atoms with van der Waals surface area (Å²) in [5.74, 6) is -0.184. The predicted molar refractivity (Wildman–Crippen MR) is 93.9 cm³/mol. The van der Waals surface area contributed by atoms with E-state index >= 15 is 0 Å². The zero-order valence-corrected chi connectivity index (χ0v) is 15.1. The van der Waals surface area contributed by atoms with Crippen LogP contribution in [-0.4, -0.2) is 54.0 Å². The molecule has 0 radical (unpaired) electrons. The van der Waals surface area contributed by atoms with Gasteiger partial charge in [-0.05, 0) is 68.0 Å². The molecule has 1 amide bonds. The van der Waals surface area contributed by atoms with Crippen LogP contribution in [0.25, 0.3) is 0 Å². The van der Waals surface area contributed by atoms with Gasteiger partial charge in [-0.1, -0.05) is 0 Å². The second-order valence-electron chi connectivity index (χ2n) is 6.54. The summed E-state index contributed by atoms with van der Waals surface area (Å²) in [6, 6.07) is 2.10. The third-order valence-electron chi connectivity index (χ3n) is 5.01. The van der Waals surface area contributed by atoms with Crippen molar-refractivity contribution in [3.8, 4) is 0 Å². The zero-order valence-electron chi connectivity index (χ0n) is 14.3. The van der Waals surface area contributed by atoms with Crippen LogP contribution in [0.5, 0.6) is 0 Å². The summed E-state index contributed by atoms with van der Waals surface area (Å²) in [5, 5.41) is 4.27. The van der Waals surface area contributed by atoms with Gasteiger partial charge in [0.1, 0.15) is 6.04 Å². The molecule has 3 rings (SSSR count). The number of carbonyl (C=O) groups is 2. The average Bonchev–Trinajstić information content (AvgIpc) is 3.26. The molecule has 1 aromatic heterocycles. The van der Waals surface area contributed by atoms with E-state index in [9.17, 15) is 9.59 Å². The van der Waals surface area contributed by atoms with Crippen molar-refractivity contribution in [1.82, 2.24) is 9.80 Å². The molecule has 0 bridgehead atoms. The molecule has 6 heteroatoms. The number of rotatable bonds is 5. The summed E-state index contributed by atoms with van der Waals surface area (Å²) in [6.45, 7) is 4.19. The number of esters is 1. The fourth-order valence-corrected chi connectivity index (χ4v) is 4.54. The molecular formula is C18H26N2O3S. The SMILES string of the molecule is CCOC(=O)[C@@H]1CCCCN1C(=O)CN1CCC[C@H]1c1ccsc1. The van der Waals surface area contributed by atoms with Gasteiger partial charge in [-0.25, -0.2) is 4.79 Å². The molecule has 5 nitrogen and oxygen atoms in total. The van der Waals surface area contributed by atoms with Gasteiger partial charge in [-0.2, -0.15) is 11.3 Å². The Bertz CT molecular complexity index is 561. The van der Waals surface area contributed by atoms with E-state index in [0.29, 0.717) is 25.7 Å². The number of ether oxygens (including phenoxy) is 1. The van der Waals surface area contributed by atoms with Gasteiger partial charge in [0.05, 0.1) is 13.2 Å². The van der Waals surface area contributed by atoms with Crippen molar-refractivity contribution < 1.29 is 14.3 Å². The van der Waals surface area contributed by atoms with Crippen LogP contribution in [0.2, 0.25) is 0 Å². The molecule has 132 valence electrons. The van der Waals surface area contributed by atoms with Gasteiger partial charge in [0.2, 0.25) is 5.91 Å². The van der Waals surface area contributed by atoms with Crippen LogP contribution in [-0.2, 0) is 14.3 Å². The second kappa shape index (κ2) is 8.12. The number of hydrogen-bond acceptors (Lipinski definition) is 5. The highest BCUT2D eigenvalue weighted by Crippen LogP contribution is 2.33. The largest absolute Gasteiger partial charge is 0.464 e. The summed E-state index contributed by atoms with van der Waals surface area (Å²) in [5.41, 5.74) is 1.31. The number of nitrogens with zero attached hydrogens (tertiary/aromatic N) is 2. The molecule has 0 aromatic carbocycles. The first-order valence-corrected chi connectivity index (χ1v) is 9.87. The van der Waals surface area contributed by atoms with Crippen LogP contribution in [0, 0.1) is 0 Å². The van der Waals surface area contributed by atoms with Gasteiger partial charge >= 0.3 is 5.97 Å². The fourth-order valence-electron chi connectivity index (χ4n) is 3.84. The Labute approximate surface area is 147 Å². The van der Waals surface area contributed by atoms with Crippen molar-refractivity contribution in [3.63, 3.8) is 0 Å². The number of hydrogen-bond donors (Lipinski definition) is 0. The molecule has 0 N–H and O–H groups in total. The topological polar surface area (TPSA) is 49.9 Å². The van der Waals surface area contributed by atoms with Crippen molar-refractivity contribution in [2.45, 2.75) is 51.1 Å². The summed E-state index contributed by atoms with van der Waals surface area (Å²) in [6.07, 6.45) is 4.89. The summed E-state index contributed by atoms with van der Waals surface area (Å²) < 4.78 is 5.17. The van der Waals surface area contributed by atoms with E-state index in [1.807, 2.05) is 6.92 Å². The third-order valence-corrected chi connectivity index (χ3v) is 5.71. The Morgan fingerprint density at radius 3 is 2.88 bits per heavy atom. The van der Waals surface area contributed by atoms with E-state index in [4.69, 9.17) is 4.74 Å². The molecule has 2 aliphatic heterocycles. The highest BCUT2D eigenvalue weighted by atomic mass is 32.1. The van der Waals surface area contributed by atoms with Crippen LogP contribution in [0.3, 0.4) is 0 Å².